The van der Waals surface area contributed by atoms with Gasteiger partial charge in [0.1, 0.15) is 0 Å². The van der Waals surface area contributed by atoms with E-state index in [1.165, 1.54) is 64.6 Å². The predicted molar refractivity (Wildman–Crippen MR) is 85.9 cm³/mol. The fourth-order valence-corrected chi connectivity index (χ4v) is 4.89. The molecule has 2 aliphatic carbocycles. The van der Waals surface area contributed by atoms with E-state index in [0.717, 1.165) is 23.9 Å². The minimum Gasteiger partial charge on any atom is -0.313 e. The molecule has 2 heteroatoms. The van der Waals surface area contributed by atoms with Crippen LogP contribution in [-0.4, -0.2) is 36.6 Å². The molecule has 0 radical (unpaired) electrons. The summed E-state index contributed by atoms with van der Waals surface area (Å²) in [6, 6.07) is 1.55. The van der Waals surface area contributed by atoms with Gasteiger partial charge in [-0.2, -0.15) is 0 Å². The number of piperidine rings is 1. The molecule has 1 N–H and O–H groups in total. The lowest BCUT2D eigenvalue weighted by molar-refractivity contribution is 0.0172. The summed E-state index contributed by atoms with van der Waals surface area (Å²) in [7, 11) is 0. The normalized spacial score (nSPS) is 36.9. The van der Waals surface area contributed by atoms with E-state index in [1.807, 2.05) is 0 Å². The standard InChI is InChI=1S/C18H34N2/c1-4-18(9-6-10-18)13-19-17-15-7-5-8-16(17)12-20(11-15)14(2)3/h14-17,19H,4-13H2,1-3H3. The van der Waals surface area contributed by atoms with Gasteiger partial charge in [0.15, 0.2) is 0 Å². The van der Waals surface area contributed by atoms with E-state index in [4.69, 9.17) is 0 Å². The first-order valence-corrected chi connectivity index (χ1v) is 9.11. The summed E-state index contributed by atoms with van der Waals surface area (Å²) in [6.07, 6.45) is 10.2. The number of hydrogen-bond donors (Lipinski definition) is 1. The summed E-state index contributed by atoms with van der Waals surface area (Å²) < 4.78 is 0. The van der Waals surface area contributed by atoms with Crippen molar-refractivity contribution in [3.8, 4) is 0 Å². The molecule has 0 amide bonds. The van der Waals surface area contributed by atoms with Crippen molar-refractivity contribution in [3.63, 3.8) is 0 Å². The van der Waals surface area contributed by atoms with Crippen molar-refractivity contribution < 1.29 is 0 Å². The van der Waals surface area contributed by atoms with E-state index in [2.05, 4.69) is 31.0 Å². The Kier molecular flexibility index (Phi) is 4.42. The Morgan fingerprint density at radius 2 is 1.75 bits per heavy atom. The Bertz CT molecular complexity index is 302. The fraction of sp³-hybridized carbons (Fsp3) is 1.00. The molecule has 0 aromatic heterocycles. The molecule has 3 fully saturated rings. The minimum atomic E-state index is 0.670. The zero-order chi connectivity index (χ0) is 14.2. The van der Waals surface area contributed by atoms with Crippen LogP contribution in [-0.2, 0) is 0 Å². The molecule has 0 aromatic carbocycles. The molecule has 2 saturated carbocycles. The molecule has 2 atom stereocenters. The van der Waals surface area contributed by atoms with Crippen LogP contribution in [0.2, 0.25) is 0 Å². The average molecular weight is 278 g/mol. The topological polar surface area (TPSA) is 15.3 Å². The fourth-order valence-electron chi connectivity index (χ4n) is 4.89. The van der Waals surface area contributed by atoms with Crippen LogP contribution in [0.3, 0.4) is 0 Å². The summed E-state index contributed by atoms with van der Waals surface area (Å²) in [5.74, 6) is 1.83. The summed E-state index contributed by atoms with van der Waals surface area (Å²) >= 11 is 0. The van der Waals surface area contributed by atoms with Gasteiger partial charge in [-0.3, -0.25) is 0 Å². The monoisotopic (exact) mass is 278 g/mol. The molecule has 2 bridgehead atoms. The molecule has 1 heterocycles. The van der Waals surface area contributed by atoms with Gasteiger partial charge in [-0.05, 0) is 63.2 Å². The highest BCUT2D eigenvalue weighted by molar-refractivity contribution is 4.97. The highest BCUT2D eigenvalue weighted by atomic mass is 15.2. The van der Waals surface area contributed by atoms with Crippen LogP contribution in [0.15, 0.2) is 0 Å². The van der Waals surface area contributed by atoms with Crippen molar-refractivity contribution >= 4 is 0 Å². The molecule has 116 valence electrons. The van der Waals surface area contributed by atoms with Crippen molar-refractivity contribution in [1.82, 2.24) is 10.2 Å². The minimum absolute atomic E-state index is 0.670. The predicted octanol–water partition coefficient (Wildman–Crippen LogP) is 3.67. The third kappa shape index (κ3) is 2.78. The zero-order valence-corrected chi connectivity index (χ0v) is 13.8. The second kappa shape index (κ2) is 5.96. The van der Waals surface area contributed by atoms with Crippen LogP contribution in [0, 0.1) is 17.3 Å². The molecule has 2 nitrogen and oxygen atoms in total. The second-order valence-corrected chi connectivity index (χ2v) is 8.11. The Hall–Kier alpha value is -0.0800. The second-order valence-electron chi connectivity index (χ2n) is 8.11. The third-order valence-electron chi connectivity index (χ3n) is 6.71. The number of nitrogens with zero attached hydrogens (tertiary/aromatic N) is 1. The van der Waals surface area contributed by atoms with Gasteiger partial charge in [-0.25, -0.2) is 0 Å². The van der Waals surface area contributed by atoms with Crippen molar-refractivity contribution in [3.05, 3.63) is 0 Å². The van der Waals surface area contributed by atoms with Gasteiger partial charge < -0.3 is 10.2 Å². The van der Waals surface area contributed by atoms with Crippen molar-refractivity contribution in [2.24, 2.45) is 17.3 Å². The van der Waals surface area contributed by atoms with Gasteiger partial charge in [-0.15, -0.1) is 0 Å². The number of hydrogen-bond acceptors (Lipinski definition) is 2. The summed E-state index contributed by atoms with van der Waals surface area (Å²) in [5.41, 5.74) is 0.670. The highest BCUT2D eigenvalue weighted by Gasteiger charge is 2.42. The maximum Gasteiger partial charge on any atom is 0.0148 e. The van der Waals surface area contributed by atoms with Crippen LogP contribution in [0.5, 0.6) is 0 Å². The SMILES string of the molecule is CCC1(CNC2C3CCCC2CN(C(C)C)C3)CCC1. The summed E-state index contributed by atoms with van der Waals surface area (Å²) in [4.78, 5) is 2.73. The third-order valence-corrected chi connectivity index (χ3v) is 6.71. The molecule has 1 aliphatic heterocycles. The highest BCUT2D eigenvalue weighted by Crippen LogP contribution is 2.44. The van der Waals surface area contributed by atoms with Crippen molar-refractivity contribution in [2.45, 2.75) is 77.8 Å². The lowest BCUT2D eigenvalue weighted by Gasteiger charge is -2.51. The Morgan fingerprint density at radius 3 is 2.20 bits per heavy atom. The molecule has 0 spiro atoms. The van der Waals surface area contributed by atoms with E-state index < -0.39 is 0 Å². The van der Waals surface area contributed by atoms with Gasteiger partial charge in [0.05, 0.1) is 0 Å². The molecule has 0 aromatic rings. The van der Waals surface area contributed by atoms with Gasteiger partial charge in [-0.1, -0.05) is 19.8 Å². The smallest absolute Gasteiger partial charge is 0.0148 e. The van der Waals surface area contributed by atoms with E-state index >= 15 is 0 Å². The molecule has 1 saturated heterocycles. The van der Waals surface area contributed by atoms with Crippen molar-refractivity contribution in [1.29, 1.82) is 0 Å². The van der Waals surface area contributed by atoms with E-state index in [1.54, 1.807) is 0 Å². The lowest BCUT2D eigenvalue weighted by Crippen LogP contribution is -2.59. The number of rotatable bonds is 5. The maximum absolute atomic E-state index is 4.05. The maximum atomic E-state index is 4.05. The first-order chi connectivity index (χ1) is 9.63. The van der Waals surface area contributed by atoms with Crippen LogP contribution >= 0.6 is 0 Å². The Morgan fingerprint density at radius 1 is 1.10 bits per heavy atom. The van der Waals surface area contributed by atoms with Gasteiger partial charge in [0.25, 0.3) is 0 Å². The van der Waals surface area contributed by atoms with Gasteiger partial charge >= 0.3 is 0 Å². The van der Waals surface area contributed by atoms with Crippen LogP contribution in [0.1, 0.15) is 65.7 Å². The van der Waals surface area contributed by atoms with Crippen LogP contribution in [0.4, 0.5) is 0 Å². The quantitative estimate of drug-likeness (QED) is 0.825. The molecular weight excluding hydrogens is 244 g/mol. The zero-order valence-electron chi connectivity index (χ0n) is 13.8. The summed E-state index contributed by atoms with van der Waals surface area (Å²) in [6.45, 7) is 11.1. The lowest BCUT2D eigenvalue weighted by atomic mass is 9.66. The molecule has 3 aliphatic rings. The average Bonchev–Trinajstić information content (AvgIpc) is 2.37. The molecule has 3 rings (SSSR count). The molecule has 2 unspecified atom stereocenters. The summed E-state index contributed by atoms with van der Waals surface area (Å²) in [5, 5.41) is 4.05. The van der Waals surface area contributed by atoms with Crippen LogP contribution < -0.4 is 5.32 Å². The van der Waals surface area contributed by atoms with Gasteiger partial charge in [0, 0.05) is 31.7 Å². The number of fused-ring (bicyclic) bond motifs is 2. The van der Waals surface area contributed by atoms with E-state index in [0.29, 0.717) is 5.41 Å². The number of nitrogens with one attached hydrogen (secondary N) is 1. The van der Waals surface area contributed by atoms with Crippen molar-refractivity contribution in [2.75, 3.05) is 19.6 Å². The number of likely N-dealkylation sites (tertiary alicyclic amines) is 1. The molecule has 20 heavy (non-hydrogen) atoms. The first kappa shape index (κ1) is 14.8. The van der Waals surface area contributed by atoms with Gasteiger partial charge in [0.2, 0.25) is 0 Å². The Labute approximate surface area is 125 Å². The van der Waals surface area contributed by atoms with E-state index in [9.17, 15) is 0 Å². The largest absolute Gasteiger partial charge is 0.313 e. The first-order valence-electron chi connectivity index (χ1n) is 9.11. The van der Waals surface area contributed by atoms with Crippen LogP contribution in [0.25, 0.3) is 0 Å². The van der Waals surface area contributed by atoms with E-state index in [-0.39, 0.29) is 0 Å². The Balaban J connectivity index is 1.59. The molecular formula is C18H34N2.